The second kappa shape index (κ2) is 7.29. The standard InChI is InChI=1S/C14H27N3OS/c1-10(2)6-11(8-15)7-13-16-12(17-18-13)9-19-14(3,4)5/h10-11H,6-9,15H2,1-5H3/t11-/m0/s1. The van der Waals surface area contributed by atoms with E-state index in [9.17, 15) is 0 Å². The van der Waals surface area contributed by atoms with Gasteiger partial charge in [-0.2, -0.15) is 4.98 Å². The van der Waals surface area contributed by atoms with E-state index in [-0.39, 0.29) is 4.75 Å². The predicted molar refractivity (Wildman–Crippen MR) is 81.0 cm³/mol. The number of hydrogen-bond donors (Lipinski definition) is 1. The minimum Gasteiger partial charge on any atom is -0.339 e. The van der Waals surface area contributed by atoms with Crippen LogP contribution in [0.4, 0.5) is 0 Å². The van der Waals surface area contributed by atoms with E-state index in [1.54, 1.807) is 0 Å². The maximum Gasteiger partial charge on any atom is 0.226 e. The van der Waals surface area contributed by atoms with Crippen molar-refractivity contribution in [1.82, 2.24) is 10.1 Å². The Hall–Kier alpha value is -0.550. The fourth-order valence-electron chi connectivity index (χ4n) is 1.89. The van der Waals surface area contributed by atoms with E-state index in [4.69, 9.17) is 10.3 Å². The van der Waals surface area contributed by atoms with Gasteiger partial charge in [-0.15, -0.1) is 11.8 Å². The smallest absolute Gasteiger partial charge is 0.226 e. The topological polar surface area (TPSA) is 64.9 Å². The number of hydrogen-bond acceptors (Lipinski definition) is 5. The molecule has 0 amide bonds. The summed E-state index contributed by atoms with van der Waals surface area (Å²) in [7, 11) is 0. The number of rotatable bonds is 7. The SMILES string of the molecule is CC(C)C[C@H](CN)Cc1nc(CSC(C)(C)C)no1. The first-order chi connectivity index (χ1) is 8.80. The van der Waals surface area contributed by atoms with Gasteiger partial charge in [-0.3, -0.25) is 0 Å². The molecular formula is C14H27N3OS. The van der Waals surface area contributed by atoms with Crippen LogP contribution in [0, 0.1) is 11.8 Å². The molecule has 1 aromatic rings. The van der Waals surface area contributed by atoms with Gasteiger partial charge in [0.25, 0.3) is 0 Å². The molecule has 1 rings (SSSR count). The summed E-state index contributed by atoms with van der Waals surface area (Å²) in [5.74, 6) is 3.39. The molecule has 19 heavy (non-hydrogen) atoms. The molecule has 1 aromatic heterocycles. The van der Waals surface area contributed by atoms with E-state index >= 15 is 0 Å². The predicted octanol–water partition coefficient (Wildman–Crippen LogP) is 3.26. The van der Waals surface area contributed by atoms with Crippen molar-refractivity contribution < 1.29 is 4.52 Å². The van der Waals surface area contributed by atoms with E-state index in [0.29, 0.717) is 18.4 Å². The van der Waals surface area contributed by atoms with Gasteiger partial charge in [-0.1, -0.05) is 39.8 Å². The average Bonchev–Trinajstić information content (AvgIpc) is 2.72. The molecule has 1 atom stereocenters. The lowest BCUT2D eigenvalue weighted by Gasteiger charge is -2.15. The highest BCUT2D eigenvalue weighted by Gasteiger charge is 2.17. The molecule has 110 valence electrons. The second-order valence-corrected chi connectivity index (χ2v) is 8.24. The molecule has 0 fully saturated rings. The third-order valence-corrected chi connectivity index (χ3v) is 4.01. The van der Waals surface area contributed by atoms with Gasteiger partial charge in [-0.25, -0.2) is 0 Å². The van der Waals surface area contributed by atoms with E-state index in [2.05, 4.69) is 44.8 Å². The summed E-state index contributed by atoms with van der Waals surface area (Å²) >= 11 is 1.83. The van der Waals surface area contributed by atoms with Gasteiger partial charge in [0.2, 0.25) is 5.89 Å². The van der Waals surface area contributed by atoms with Crippen molar-refractivity contribution in [2.75, 3.05) is 6.54 Å². The highest BCUT2D eigenvalue weighted by molar-refractivity contribution is 7.99. The Labute approximate surface area is 120 Å². The summed E-state index contributed by atoms with van der Waals surface area (Å²) in [4.78, 5) is 4.45. The van der Waals surface area contributed by atoms with Crippen LogP contribution in [0.1, 0.15) is 52.8 Å². The Morgan fingerprint density at radius 2 is 2.00 bits per heavy atom. The maximum absolute atomic E-state index is 5.80. The molecule has 0 aromatic carbocycles. The van der Waals surface area contributed by atoms with Crippen molar-refractivity contribution >= 4 is 11.8 Å². The lowest BCUT2D eigenvalue weighted by Crippen LogP contribution is -2.19. The van der Waals surface area contributed by atoms with Gasteiger partial charge < -0.3 is 10.3 Å². The first-order valence-electron chi connectivity index (χ1n) is 6.95. The molecule has 0 spiro atoms. The summed E-state index contributed by atoms with van der Waals surface area (Å²) in [6.07, 6.45) is 1.90. The summed E-state index contributed by atoms with van der Waals surface area (Å²) in [6.45, 7) is 11.7. The fraction of sp³-hybridized carbons (Fsp3) is 0.857. The van der Waals surface area contributed by atoms with Crippen molar-refractivity contribution in [2.24, 2.45) is 17.6 Å². The van der Waals surface area contributed by atoms with E-state index in [1.165, 1.54) is 0 Å². The van der Waals surface area contributed by atoms with Crippen molar-refractivity contribution in [1.29, 1.82) is 0 Å². The highest BCUT2D eigenvalue weighted by atomic mass is 32.2. The third kappa shape index (κ3) is 6.97. The van der Waals surface area contributed by atoms with Crippen molar-refractivity contribution in [2.45, 2.75) is 58.0 Å². The lowest BCUT2D eigenvalue weighted by atomic mass is 9.94. The average molecular weight is 285 g/mol. The molecule has 4 nitrogen and oxygen atoms in total. The Morgan fingerprint density at radius 3 is 2.53 bits per heavy atom. The molecule has 0 bridgehead atoms. The van der Waals surface area contributed by atoms with Crippen LogP contribution < -0.4 is 5.73 Å². The minimum atomic E-state index is 0.220. The first kappa shape index (κ1) is 16.5. The quantitative estimate of drug-likeness (QED) is 0.833. The van der Waals surface area contributed by atoms with Crippen LogP contribution in [0.5, 0.6) is 0 Å². The van der Waals surface area contributed by atoms with Gasteiger partial charge in [0.1, 0.15) is 0 Å². The van der Waals surface area contributed by atoms with Crippen molar-refractivity contribution in [3.05, 3.63) is 11.7 Å². The monoisotopic (exact) mass is 285 g/mol. The fourth-order valence-corrected chi connectivity index (χ4v) is 2.57. The number of aromatic nitrogens is 2. The summed E-state index contributed by atoms with van der Waals surface area (Å²) < 4.78 is 5.53. The minimum absolute atomic E-state index is 0.220. The molecule has 0 aliphatic rings. The molecule has 0 saturated heterocycles. The summed E-state index contributed by atoms with van der Waals surface area (Å²) in [6, 6.07) is 0. The van der Waals surface area contributed by atoms with Gasteiger partial charge in [0, 0.05) is 11.2 Å². The second-order valence-electron chi connectivity index (χ2n) is 6.44. The Balaban J connectivity index is 2.49. The van der Waals surface area contributed by atoms with Gasteiger partial charge in [0.15, 0.2) is 5.82 Å². The van der Waals surface area contributed by atoms with Crippen LogP contribution >= 0.6 is 11.8 Å². The van der Waals surface area contributed by atoms with Gasteiger partial charge >= 0.3 is 0 Å². The largest absolute Gasteiger partial charge is 0.339 e. The van der Waals surface area contributed by atoms with Gasteiger partial charge in [-0.05, 0) is 24.8 Å². The van der Waals surface area contributed by atoms with Crippen LogP contribution in [-0.2, 0) is 12.2 Å². The molecule has 1 heterocycles. The molecule has 0 unspecified atom stereocenters. The normalized spacial score (nSPS) is 14.1. The van der Waals surface area contributed by atoms with E-state index < -0.39 is 0 Å². The molecule has 0 aliphatic carbocycles. The molecule has 0 aliphatic heterocycles. The maximum atomic E-state index is 5.80. The van der Waals surface area contributed by atoms with Crippen LogP contribution in [0.25, 0.3) is 0 Å². The van der Waals surface area contributed by atoms with Crippen molar-refractivity contribution in [3.63, 3.8) is 0 Å². The Bertz CT molecular complexity index is 371. The molecule has 0 radical (unpaired) electrons. The zero-order chi connectivity index (χ0) is 14.5. The lowest BCUT2D eigenvalue weighted by molar-refractivity contribution is 0.330. The highest BCUT2D eigenvalue weighted by Crippen LogP contribution is 2.26. The third-order valence-electron chi connectivity index (χ3n) is 2.75. The summed E-state index contributed by atoms with van der Waals surface area (Å²) in [5.41, 5.74) is 5.80. The molecule has 5 heteroatoms. The zero-order valence-corrected chi connectivity index (χ0v) is 13.6. The number of nitrogens with two attached hydrogens (primary N) is 1. The van der Waals surface area contributed by atoms with Crippen LogP contribution in [0.2, 0.25) is 0 Å². The first-order valence-corrected chi connectivity index (χ1v) is 7.94. The van der Waals surface area contributed by atoms with Crippen molar-refractivity contribution in [3.8, 4) is 0 Å². The summed E-state index contributed by atoms with van der Waals surface area (Å²) in [5, 5.41) is 4.04. The molecule has 2 N–H and O–H groups in total. The van der Waals surface area contributed by atoms with Crippen LogP contribution in [0.15, 0.2) is 4.52 Å². The van der Waals surface area contributed by atoms with Crippen LogP contribution in [0.3, 0.4) is 0 Å². The Kier molecular flexibility index (Phi) is 6.33. The van der Waals surface area contributed by atoms with Gasteiger partial charge in [0.05, 0.1) is 5.75 Å². The molecule has 0 saturated carbocycles. The Morgan fingerprint density at radius 1 is 1.32 bits per heavy atom. The zero-order valence-electron chi connectivity index (χ0n) is 12.8. The number of thioether (sulfide) groups is 1. The van der Waals surface area contributed by atoms with E-state index in [0.717, 1.165) is 30.3 Å². The van der Waals surface area contributed by atoms with E-state index in [1.807, 2.05) is 11.8 Å². The number of nitrogens with zero attached hydrogens (tertiary/aromatic N) is 2. The molecular weight excluding hydrogens is 258 g/mol. The van der Waals surface area contributed by atoms with Crippen LogP contribution in [-0.4, -0.2) is 21.4 Å².